The third-order valence-corrected chi connectivity index (χ3v) is 7.45. The summed E-state index contributed by atoms with van der Waals surface area (Å²) < 4.78 is 5.45. The molecule has 2 aliphatic heterocycles. The maximum absolute atomic E-state index is 14.2. The Morgan fingerprint density at radius 1 is 0.917 bits per heavy atom. The number of benzene rings is 2. The summed E-state index contributed by atoms with van der Waals surface area (Å²) in [5, 5.41) is 2.85. The quantitative estimate of drug-likeness (QED) is 0.511. The first kappa shape index (κ1) is 26.2. The van der Waals surface area contributed by atoms with Gasteiger partial charge in [-0.15, -0.1) is 0 Å². The number of anilines is 3. The first-order valence-corrected chi connectivity index (χ1v) is 13.1. The number of para-hydroxylation sites is 1. The number of fused-ring (bicyclic) bond motifs is 2. The smallest absolute Gasteiger partial charge is 0.412 e. The van der Waals surface area contributed by atoms with Gasteiger partial charge in [-0.05, 0) is 110 Å². The number of nitrogens with one attached hydrogen (secondary N) is 1. The second kappa shape index (κ2) is 9.55. The van der Waals surface area contributed by atoms with Crippen molar-refractivity contribution in [2.24, 2.45) is 0 Å². The number of amides is 2. The van der Waals surface area contributed by atoms with Crippen LogP contribution in [0.3, 0.4) is 0 Å². The van der Waals surface area contributed by atoms with Crippen molar-refractivity contribution in [1.29, 1.82) is 0 Å². The summed E-state index contributed by atoms with van der Waals surface area (Å²) in [4.78, 5) is 30.9. The molecule has 0 radical (unpaired) electrons. The van der Waals surface area contributed by atoms with E-state index in [-0.39, 0.29) is 17.0 Å². The summed E-state index contributed by atoms with van der Waals surface area (Å²) in [6.45, 7) is 14.8. The normalized spacial score (nSPS) is 19.0. The van der Waals surface area contributed by atoms with Crippen LogP contribution >= 0.6 is 0 Å². The summed E-state index contributed by atoms with van der Waals surface area (Å²) in [6.07, 6.45) is 4.48. The molecule has 2 amide bonds. The Morgan fingerprint density at radius 3 is 2.17 bits per heavy atom. The standard InChI is InChI=1S/C30H41N3O3/c1-28(2,3)36-27(35)31-23-16-15-22-14-13-21-11-8-9-12-24(21)33(25(22)19-23)26(34)20-32-29(4,5)17-10-18-30(32,6)7/h8-9,11-12,15-16,19H,10,13-14,17-18,20H2,1-7H3,(H,31,35). The molecule has 2 heterocycles. The average molecular weight is 492 g/mol. The van der Waals surface area contributed by atoms with Crippen LogP contribution in [0.25, 0.3) is 0 Å². The van der Waals surface area contributed by atoms with Crippen molar-refractivity contribution in [2.75, 3.05) is 16.8 Å². The number of carbonyl (C=O) groups excluding carboxylic acids is 2. The zero-order valence-corrected chi connectivity index (χ0v) is 22.9. The van der Waals surface area contributed by atoms with Crippen LogP contribution < -0.4 is 10.2 Å². The number of rotatable bonds is 3. The van der Waals surface area contributed by atoms with Gasteiger partial charge in [0.1, 0.15) is 5.60 Å². The van der Waals surface area contributed by atoms with Crippen LogP contribution in [0.4, 0.5) is 21.9 Å². The molecule has 0 unspecified atom stereocenters. The monoisotopic (exact) mass is 491 g/mol. The summed E-state index contributed by atoms with van der Waals surface area (Å²) in [5.41, 5.74) is 3.88. The number of piperidine rings is 1. The molecule has 0 atom stereocenters. The number of hydrogen-bond donors (Lipinski definition) is 1. The summed E-state index contributed by atoms with van der Waals surface area (Å²) in [6, 6.07) is 14.0. The summed E-state index contributed by atoms with van der Waals surface area (Å²) in [7, 11) is 0. The van der Waals surface area contributed by atoms with E-state index in [2.05, 4.69) is 44.0 Å². The number of ether oxygens (including phenoxy) is 1. The van der Waals surface area contributed by atoms with E-state index in [1.807, 2.05) is 62.1 Å². The summed E-state index contributed by atoms with van der Waals surface area (Å²) in [5.74, 6) is 0.0445. The number of likely N-dealkylation sites (tertiary alicyclic amines) is 1. The van der Waals surface area contributed by atoms with Gasteiger partial charge in [0.15, 0.2) is 0 Å². The van der Waals surface area contributed by atoms with Crippen LogP contribution in [0, 0.1) is 0 Å². The highest BCUT2D eigenvalue weighted by Crippen LogP contribution is 2.41. The van der Waals surface area contributed by atoms with Crippen LogP contribution in [0.2, 0.25) is 0 Å². The zero-order valence-electron chi connectivity index (χ0n) is 22.9. The third kappa shape index (κ3) is 5.59. The fourth-order valence-electron chi connectivity index (χ4n) is 5.77. The highest BCUT2D eigenvalue weighted by Gasteiger charge is 2.43. The Kier molecular flexibility index (Phi) is 6.95. The van der Waals surface area contributed by atoms with Crippen LogP contribution in [0.5, 0.6) is 0 Å². The van der Waals surface area contributed by atoms with E-state index in [0.717, 1.165) is 48.2 Å². The molecule has 2 aliphatic rings. The minimum atomic E-state index is -0.592. The second-order valence-corrected chi connectivity index (χ2v) is 12.4. The van der Waals surface area contributed by atoms with Gasteiger partial charge in [-0.3, -0.25) is 19.9 Å². The molecule has 6 heteroatoms. The highest BCUT2D eigenvalue weighted by atomic mass is 16.6. The molecule has 1 fully saturated rings. The molecule has 6 nitrogen and oxygen atoms in total. The SMILES string of the molecule is CC(C)(C)OC(=O)Nc1ccc2c(c1)N(C(=O)CN1C(C)(C)CCCC1(C)C)c1ccccc1CC2. The van der Waals surface area contributed by atoms with Gasteiger partial charge in [-0.25, -0.2) is 4.79 Å². The largest absolute Gasteiger partial charge is 0.444 e. The molecule has 194 valence electrons. The van der Waals surface area contributed by atoms with Gasteiger partial charge in [-0.2, -0.15) is 0 Å². The van der Waals surface area contributed by atoms with Crippen LogP contribution in [0.15, 0.2) is 42.5 Å². The average Bonchev–Trinajstić information content (AvgIpc) is 2.91. The van der Waals surface area contributed by atoms with Crippen LogP contribution in [-0.4, -0.2) is 40.1 Å². The van der Waals surface area contributed by atoms with Crippen molar-refractivity contribution in [3.05, 3.63) is 53.6 Å². The third-order valence-electron chi connectivity index (χ3n) is 7.45. The zero-order chi connectivity index (χ0) is 26.3. The Morgan fingerprint density at radius 2 is 1.53 bits per heavy atom. The first-order valence-electron chi connectivity index (χ1n) is 13.1. The molecule has 36 heavy (non-hydrogen) atoms. The van der Waals surface area contributed by atoms with Crippen LogP contribution in [0.1, 0.15) is 78.9 Å². The fourth-order valence-corrected chi connectivity index (χ4v) is 5.77. The molecule has 0 aliphatic carbocycles. The molecule has 0 spiro atoms. The van der Waals surface area contributed by atoms with Gasteiger partial charge in [0.2, 0.25) is 5.91 Å². The van der Waals surface area contributed by atoms with Gasteiger partial charge in [0.25, 0.3) is 0 Å². The van der Waals surface area contributed by atoms with Crippen molar-refractivity contribution in [3.8, 4) is 0 Å². The van der Waals surface area contributed by atoms with Gasteiger partial charge in [-0.1, -0.05) is 24.3 Å². The van der Waals surface area contributed by atoms with Gasteiger partial charge in [0, 0.05) is 16.8 Å². The van der Waals surface area contributed by atoms with E-state index >= 15 is 0 Å². The van der Waals surface area contributed by atoms with E-state index in [0.29, 0.717) is 12.2 Å². The molecule has 1 saturated heterocycles. The molecule has 2 aromatic carbocycles. The fraction of sp³-hybridized carbons (Fsp3) is 0.533. The van der Waals surface area contributed by atoms with Crippen LogP contribution in [-0.2, 0) is 22.4 Å². The maximum atomic E-state index is 14.2. The Balaban J connectivity index is 1.72. The lowest BCUT2D eigenvalue weighted by Crippen LogP contribution is -2.61. The van der Waals surface area contributed by atoms with Gasteiger partial charge < -0.3 is 4.74 Å². The van der Waals surface area contributed by atoms with Crippen molar-refractivity contribution in [1.82, 2.24) is 4.90 Å². The summed E-state index contributed by atoms with van der Waals surface area (Å²) >= 11 is 0. The lowest BCUT2D eigenvalue weighted by atomic mass is 9.80. The highest BCUT2D eigenvalue weighted by molar-refractivity contribution is 6.04. The molecular formula is C30H41N3O3. The second-order valence-electron chi connectivity index (χ2n) is 12.4. The molecular weight excluding hydrogens is 450 g/mol. The van der Waals surface area contributed by atoms with E-state index in [1.54, 1.807) is 0 Å². The van der Waals surface area contributed by atoms with E-state index < -0.39 is 11.7 Å². The van der Waals surface area contributed by atoms with Crippen molar-refractivity contribution < 1.29 is 14.3 Å². The van der Waals surface area contributed by atoms with E-state index in [4.69, 9.17) is 4.74 Å². The predicted molar refractivity (Wildman–Crippen MR) is 146 cm³/mol. The molecule has 0 bridgehead atoms. The first-order chi connectivity index (χ1) is 16.8. The lowest BCUT2D eigenvalue weighted by molar-refractivity contribution is -0.125. The lowest BCUT2D eigenvalue weighted by Gasteiger charge is -2.53. The molecule has 0 aromatic heterocycles. The van der Waals surface area contributed by atoms with Crippen molar-refractivity contribution in [2.45, 2.75) is 97.2 Å². The number of carbonyl (C=O) groups is 2. The number of nitrogens with zero attached hydrogens (tertiary/aromatic N) is 2. The Hall–Kier alpha value is -2.86. The predicted octanol–water partition coefficient (Wildman–Crippen LogP) is 6.84. The molecule has 0 saturated carbocycles. The number of aryl methyl sites for hydroxylation is 2. The van der Waals surface area contributed by atoms with Crippen molar-refractivity contribution in [3.63, 3.8) is 0 Å². The van der Waals surface area contributed by atoms with Gasteiger partial charge in [0.05, 0.1) is 17.9 Å². The minimum absolute atomic E-state index is 0.0445. The van der Waals surface area contributed by atoms with Crippen molar-refractivity contribution >= 4 is 29.1 Å². The van der Waals surface area contributed by atoms with Gasteiger partial charge >= 0.3 is 6.09 Å². The Bertz CT molecular complexity index is 1130. The number of hydrogen-bond acceptors (Lipinski definition) is 4. The molecule has 4 rings (SSSR count). The molecule has 1 N–H and O–H groups in total. The minimum Gasteiger partial charge on any atom is -0.444 e. The van der Waals surface area contributed by atoms with E-state index in [9.17, 15) is 9.59 Å². The van der Waals surface area contributed by atoms with E-state index in [1.165, 1.54) is 6.42 Å². The Labute approximate surface area is 216 Å². The maximum Gasteiger partial charge on any atom is 0.412 e. The molecule has 2 aromatic rings. The topological polar surface area (TPSA) is 61.9 Å².